The van der Waals surface area contributed by atoms with Gasteiger partial charge in [-0.1, -0.05) is 6.92 Å². The summed E-state index contributed by atoms with van der Waals surface area (Å²) in [5, 5.41) is 2.85. The first-order valence-corrected chi connectivity index (χ1v) is 8.45. The topological polar surface area (TPSA) is 86.8 Å². The number of rotatable bonds is 4. The Kier molecular flexibility index (Phi) is 2.56. The molecule has 7 heteroatoms. The van der Waals surface area contributed by atoms with Gasteiger partial charge in [0.15, 0.2) is 11.5 Å². The summed E-state index contributed by atoms with van der Waals surface area (Å²) in [5.74, 6) is 2.20. The molecule has 2 atom stereocenters. The summed E-state index contributed by atoms with van der Waals surface area (Å²) in [6.07, 6.45) is 6.13. The van der Waals surface area contributed by atoms with Crippen LogP contribution in [0.4, 0.5) is 11.8 Å². The number of carbonyl (C=O) groups excluding carboxylic acids is 1. The van der Waals surface area contributed by atoms with Crippen LogP contribution in [0, 0.1) is 17.3 Å². The van der Waals surface area contributed by atoms with E-state index in [2.05, 4.69) is 37.1 Å². The molecule has 2 N–H and O–H groups in total. The van der Waals surface area contributed by atoms with Crippen molar-refractivity contribution in [2.24, 2.45) is 17.3 Å². The molecule has 1 amide bonds. The highest BCUT2D eigenvalue weighted by atomic mass is 16.2. The maximum Gasteiger partial charge on any atom is 0.233 e. The Morgan fingerprint density at radius 2 is 2.35 bits per heavy atom. The lowest BCUT2D eigenvalue weighted by atomic mass is 10.0. The van der Waals surface area contributed by atoms with Gasteiger partial charge in [-0.15, -0.1) is 0 Å². The van der Waals surface area contributed by atoms with Crippen molar-refractivity contribution in [2.45, 2.75) is 32.6 Å². The number of imidazole rings is 1. The van der Waals surface area contributed by atoms with Crippen molar-refractivity contribution in [1.29, 1.82) is 0 Å². The smallest absolute Gasteiger partial charge is 0.233 e. The quantitative estimate of drug-likeness (QED) is 0.901. The van der Waals surface area contributed by atoms with Gasteiger partial charge < -0.3 is 9.88 Å². The van der Waals surface area contributed by atoms with Gasteiger partial charge in [0.1, 0.15) is 5.52 Å². The number of piperidine rings is 1. The largest absolute Gasteiger partial charge is 0.354 e. The molecule has 2 aliphatic carbocycles. The Hall–Kier alpha value is -2.18. The third-order valence-corrected chi connectivity index (χ3v) is 5.76. The van der Waals surface area contributed by atoms with E-state index < -0.39 is 0 Å². The lowest BCUT2D eigenvalue weighted by Crippen LogP contribution is -2.26. The highest BCUT2D eigenvalue weighted by Gasteiger charge is 2.58. The number of anilines is 2. The molecule has 23 heavy (non-hydrogen) atoms. The zero-order chi connectivity index (χ0) is 15.6. The molecular formula is C16H20N6O. The van der Waals surface area contributed by atoms with Gasteiger partial charge in [-0.05, 0) is 37.0 Å². The van der Waals surface area contributed by atoms with E-state index in [9.17, 15) is 4.79 Å². The highest BCUT2D eigenvalue weighted by Crippen LogP contribution is 2.60. The minimum absolute atomic E-state index is 0.0279. The van der Waals surface area contributed by atoms with Crippen molar-refractivity contribution in [2.75, 3.05) is 23.3 Å². The van der Waals surface area contributed by atoms with E-state index in [1.54, 1.807) is 6.33 Å². The zero-order valence-corrected chi connectivity index (χ0v) is 13.2. The molecule has 7 nitrogen and oxygen atoms in total. The molecule has 3 aliphatic rings. The first-order chi connectivity index (χ1) is 11.2. The molecule has 0 aromatic carbocycles. The number of aromatic amines is 1. The molecule has 1 aliphatic heterocycles. The number of H-pyrrole nitrogens is 1. The van der Waals surface area contributed by atoms with Gasteiger partial charge in [0.25, 0.3) is 0 Å². The van der Waals surface area contributed by atoms with Crippen LogP contribution < -0.4 is 10.2 Å². The molecule has 2 saturated carbocycles. The zero-order valence-electron chi connectivity index (χ0n) is 13.2. The van der Waals surface area contributed by atoms with E-state index >= 15 is 0 Å². The van der Waals surface area contributed by atoms with Gasteiger partial charge in [-0.2, -0.15) is 9.97 Å². The minimum atomic E-state index is 0.0279. The summed E-state index contributed by atoms with van der Waals surface area (Å²) >= 11 is 0. The van der Waals surface area contributed by atoms with Gasteiger partial charge >= 0.3 is 0 Å². The van der Waals surface area contributed by atoms with Gasteiger partial charge in [-0.3, -0.25) is 10.1 Å². The second kappa shape index (κ2) is 4.43. The first kappa shape index (κ1) is 13.3. The minimum Gasteiger partial charge on any atom is -0.354 e. The van der Waals surface area contributed by atoms with E-state index in [0.717, 1.165) is 43.2 Å². The monoisotopic (exact) mass is 312 g/mol. The molecule has 0 radical (unpaired) electrons. The molecular weight excluding hydrogens is 292 g/mol. The fraction of sp³-hybridized carbons (Fsp3) is 0.625. The van der Waals surface area contributed by atoms with E-state index in [1.807, 2.05) is 0 Å². The summed E-state index contributed by atoms with van der Waals surface area (Å²) in [6, 6.07) is 0. The average Bonchev–Trinajstić information content (AvgIpc) is 3.44. The van der Waals surface area contributed by atoms with Crippen LogP contribution in [0.25, 0.3) is 11.2 Å². The molecule has 0 bridgehead atoms. The summed E-state index contributed by atoms with van der Waals surface area (Å²) in [5.41, 5.74) is 1.96. The molecule has 3 heterocycles. The summed E-state index contributed by atoms with van der Waals surface area (Å²) in [4.78, 5) is 30.8. The third kappa shape index (κ3) is 2.02. The Balaban J connectivity index is 1.49. The molecule has 2 aromatic heterocycles. The number of carbonyl (C=O) groups is 1. The van der Waals surface area contributed by atoms with Crippen molar-refractivity contribution in [3.05, 3.63) is 6.33 Å². The average molecular weight is 312 g/mol. The van der Waals surface area contributed by atoms with Crippen LogP contribution in [0.15, 0.2) is 6.33 Å². The fourth-order valence-electron chi connectivity index (χ4n) is 3.96. The van der Waals surface area contributed by atoms with Crippen LogP contribution in [0.1, 0.15) is 32.6 Å². The second-order valence-electron chi connectivity index (χ2n) is 7.23. The van der Waals surface area contributed by atoms with Crippen molar-refractivity contribution in [3.8, 4) is 0 Å². The van der Waals surface area contributed by atoms with Crippen LogP contribution in [0.3, 0.4) is 0 Å². The van der Waals surface area contributed by atoms with Crippen LogP contribution in [-0.2, 0) is 4.79 Å². The van der Waals surface area contributed by atoms with Gasteiger partial charge in [0.2, 0.25) is 11.9 Å². The molecule has 120 valence electrons. The Morgan fingerprint density at radius 3 is 3.09 bits per heavy atom. The second-order valence-corrected chi connectivity index (χ2v) is 7.23. The number of hydrogen-bond donors (Lipinski definition) is 2. The number of nitrogens with zero attached hydrogens (tertiary/aromatic N) is 4. The SMILES string of the molecule is CCC12CC1CN(c1nc(NC(=O)C3CC3)nc3nc[nH]c13)C2. The lowest BCUT2D eigenvalue weighted by molar-refractivity contribution is -0.117. The third-order valence-electron chi connectivity index (χ3n) is 5.76. The van der Waals surface area contributed by atoms with Crippen molar-refractivity contribution in [3.63, 3.8) is 0 Å². The summed E-state index contributed by atoms with van der Waals surface area (Å²) < 4.78 is 0. The van der Waals surface area contributed by atoms with Crippen LogP contribution >= 0.6 is 0 Å². The number of fused-ring (bicyclic) bond motifs is 2. The first-order valence-electron chi connectivity index (χ1n) is 8.45. The number of amides is 1. The number of aromatic nitrogens is 4. The molecule has 2 unspecified atom stereocenters. The molecule has 3 fully saturated rings. The number of hydrogen-bond acceptors (Lipinski definition) is 5. The molecule has 0 spiro atoms. The van der Waals surface area contributed by atoms with E-state index in [1.165, 1.54) is 12.8 Å². The summed E-state index contributed by atoms with van der Waals surface area (Å²) in [6.45, 7) is 4.35. The van der Waals surface area contributed by atoms with Gasteiger partial charge in [0.05, 0.1) is 6.33 Å². The van der Waals surface area contributed by atoms with E-state index in [0.29, 0.717) is 17.0 Å². The van der Waals surface area contributed by atoms with Gasteiger partial charge in [0, 0.05) is 19.0 Å². The van der Waals surface area contributed by atoms with Crippen LogP contribution in [0.5, 0.6) is 0 Å². The van der Waals surface area contributed by atoms with Gasteiger partial charge in [-0.25, -0.2) is 4.98 Å². The van der Waals surface area contributed by atoms with Crippen molar-refractivity contribution in [1.82, 2.24) is 19.9 Å². The standard InChI is InChI=1S/C16H20N6O/c1-2-16-5-10(16)6-22(7-16)13-11-12(18-8-17-11)19-15(20-13)21-14(23)9-3-4-9/h8-10H,2-7H2,1H3,(H2,17,18,19,20,21,23). The highest BCUT2D eigenvalue weighted by molar-refractivity contribution is 5.94. The molecule has 5 rings (SSSR count). The predicted molar refractivity (Wildman–Crippen MR) is 86.1 cm³/mol. The Bertz CT molecular complexity index is 793. The fourth-order valence-corrected chi connectivity index (χ4v) is 3.96. The molecule has 2 aromatic rings. The van der Waals surface area contributed by atoms with E-state index in [-0.39, 0.29) is 11.8 Å². The maximum absolute atomic E-state index is 12.0. The van der Waals surface area contributed by atoms with Crippen LogP contribution in [0.2, 0.25) is 0 Å². The summed E-state index contributed by atoms with van der Waals surface area (Å²) in [7, 11) is 0. The van der Waals surface area contributed by atoms with E-state index in [4.69, 9.17) is 0 Å². The molecule has 1 saturated heterocycles. The predicted octanol–water partition coefficient (Wildman–Crippen LogP) is 1.94. The Labute approximate surface area is 133 Å². The normalized spacial score (nSPS) is 28.9. The van der Waals surface area contributed by atoms with Crippen molar-refractivity contribution >= 4 is 28.8 Å². The Morgan fingerprint density at radius 1 is 1.48 bits per heavy atom. The number of nitrogens with one attached hydrogen (secondary N) is 2. The van der Waals surface area contributed by atoms with Crippen LogP contribution in [-0.4, -0.2) is 38.9 Å². The maximum atomic E-state index is 12.0. The lowest BCUT2D eigenvalue weighted by Gasteiger charge is -2.22. The van der Waals surface area contributed by atoms with Crippen molar-refractivity contribution < 1.29 is 4.79 Å².